The monoisotopic (exact) mass is 421 g/mol. The molecule has 1 heterocycles. The Labute approximate surface area is 173 Å². The van der Waals surface area contributed by atoms with Gasteiger partial charge < -0.3 is 19.9 Å². The molecule has 148 valence electrons. The van der Waals surface area contributed by atoms with Crippen molar-refractivity contribution in [1.29, 1.82) is 0 Å². The summed E-state index contributed by atoms with van der Waals surface area (Å²) in [5.74, 6) is 0.250. The molecule has 0 saturated heterocycles. The highest BCUT2D eigenvalue weighted by Crippen LogP contribution is 2.34. The normalized spacial score (nSPS) is 14.1. The standard InChI is InChI=1S/C21H21Cl2NO4/c1-13-10-18(22)20(19(23)11-13)28-9-8-27-15-4-2-14(3-5-15)16-6-7-24-12-17(16)21(25)26/h2-5,10-11,24H,6-9,12H2,1H3,(H,25,26). The van der Waals surface area contributed by atoms with Crippen LogP contribution in [0.2, 0.25) is 10.0 Å². The SMILES string of the molecule is Cc1cc(Cl)c(OCCOc2ccc(C3=C(C(=O)O)CNCC3)cc2)c(Cl)c1. The average molecular weight is 422 g/mol. The Morgan fingerprint density at radius 2 is 1.75 bits per heavy atom. The van der Waals surface area contributed by atoms with Gasteiger partial charge in [-0.15, -0.1) is 0 Å². The number of carboxylic acid groups (broad SMARTS) is 1. The van der Waals surface area contributed by atoms with Crippen molar-refractivity contribution in [1.82, 2.24) is 5.32 Å². The number of halogens is 2. The van der Waals surface area contributed by atoms with Crippen LogP contribution in [0, 0.1) is 6.92 Å². The summed E-state index contributed by atoms with van der Waals surface area (Å²) in [6.07, 6.45) is 0.688. The smallest absolute Gasteiger partial charge is 0.333 e. The van der Waals surface area contributed by atoms with Crippen LogP contribution in [-0.2, 0) is 4.79 Å². The third kappa shape index (κ3) is 4.98. The molecule has 0 bridgehead atoms. The Morgan fingerprint density at radius 1 is 1.11 bits per heavy atom. The predicted molar refractivity (Wildman–Crippen MR) is 111 cm³/mol. The first-order valence-electron chi connectivity index (χ1n) is 8.93. The summed E-state index contributed by atoms with van der Waals surface area (Å²) < 4.78 is 11.3. The first-order valence-corrected chi connectivity index (χ1v) is 9.69. The van der Waals surface area contributed by atoms with E-state index in [0.717, 1.165) is 23.2 Å². The van der Waals surface area contributed by atoms with Gasteiger partial charge in [-0.3, -0.25) is 0 Å². The van der Waals surface area contributed by atoms with E-state index in [1.165, 1.54) is 0 Å². The number of hydrogen-bond donors (Lipinski definition) is 2. The Kier molecular flexibility index (Phi) is 6.83. The average Bonchev–Trinajstić information content (AvgIpc) is 2.67. The second kappa shape index (κ2) is 9.32. The van der Waals surface area contributed by atoms with Crippen molar-refractivity contribution in [2.45, 2.75) is 13.3 Å². The van der Waals surface area contributed by atoms with Crippen LogP contribution in [-0.4, -0.2) is 37.4 Å². The van der Waals surface area contributed by atoms with Crippen LogP contribution < -0.4 is 14.8 Å². The summed E-state index contributed by atoms with van der Waals surface area (Å²) in [4.78, 5) is 11.4. The molecule has 0 radical (unpaired) electrons. The lowest BCUT2D eigenvalue weighted by Crippen LogP contribution is -2.28. The number of aliphatic carboxylic acids is 1. The number of hydrogen-bond acceptors (Lipinski definition) is 4. The van der Waals surface area contributed by atoms with E-state index in [1.54, 1.807) is 12.1 Å². The number of carbonyl (C=O) groups is 1. The van der Waals surface area contributed by atoms with E-state index < -0.39 is 5.97 Å². The molecule has 2 N–H and O–H groups in total. The summed E-state index contributed by atoms with van der Waals surface area (Å²) in [5, 5.41) is 13.4. The summed E-state index contributed by atoms with van der Waals surface area (Å²) in [6, 6.07) is 11.0. The molecule has 0 amide bonds. The highest BCUT2D eigenvalue weighted by Gasteiger charge is 2.19. The summed E-state index contributed by atoms with van der Waals surface area (Å²) in [6.45, 7) is 3.68. The Hall–Kier alpha value is -2.21. The maximum absolute atomic E-state index is 11.4. The van der Waals surface area contributed by atoms with Gasteiger partial charge in [-0.25, -0.2) is 4.79 Å². The number of carboxylic acids is 1. The zero-order valence-electron chi connectivity index (χ0n) is 15.4. The molecule has 0 saturated carbocycles. The van der Waals surface area contributed by atoms with Crippen molar-refractivity contribution in [3.05, 3.63) is 63.1 Å². The van der Waals surface area contributed by atoms with Crippen LogP contribution in [0.15, 0.2) is 42.0 Å². The van der Waals surface area contributed by atoms with E-state index in [4.69, 9.17) is 32.7 Å². The molecular formula is C21H21Cl2NO4. The largest absolute Gasteiger partial charge is 0.490 e. The summed E-state index contributed by atoms with van der Waals surface area (Å²) >= 11 is 12.3. The fraction of sp³-hybridized carbons (Fsp3) is 0.286. The predicted octanol–water partition coefficient (Wildman–Crippen LogP) is 4.59. The first kappa shape index (κ1) is 20.5. The molecule has 0 aliphatic carbocycles. The third-order valence-corrected chi connectivity index (χ3v) is 4.98. The van der Waals surface area contributed by atoms with Crippen molar-refractivity contribution in [3.8, 4) is 11.5 Å². The maximum Gasteiger partial charge on any atom is 0.333 e. The molecule has 2 aromatic carbocycles. The first-order chi connectivity index (χ1) is 13.5. The molecule has 0 atom stereocenters. The maximum atomic E-state index is 11.4. The molecule has 0 spiro atoms. The zero-order valence-corrected chi connectivity index (χ0v) is 16.9. The second-order valence-corrected chi connectivity index (χ2v) is 7.28. The number of nitrogens with one attached hydrogen (secondary N) is 1. The van der Waals surface area contributed by atoms with Crippen LogP contribution in [0.3, 0.4) is 0 Å². The molecule has 1 aliphatic heterocycles. The van der Waals surface area contributed by atoms with Gasteiger partial charge in [0.1, 0.15) is 19.0 Å². The fourth-order valence-electron chi connectivity index (χ4n) is 3.09. The van der Waals surface area contributed by atoms with Crippen LogP contribution in [0.5, 0.6) is 11.5 Å². The van der Waals surface area contributed by atoms with E-state index in [1.807, 2.05) is 31.2 Å². The number of rotatable bonds is 7. The lowest BCUT2D eigenvalue weighted by molar-refractivity contribution is -0.132. The van der Waals surface area contributed by atoms with Gasteiger partial charge in [0.15, 0.2) is 5.75 Å². The molecule has 2 aromatic rings. The second-order valence-electron chi connectivity index (χ2n) is 6.47. The van der Waals surface area contributed by atoms with Crippen molar-refractivity contribution >= 4 is 34.7 Å². The minimum Gasteiger partial charge on any atom is -0.490 e. The van der Waals surface area contributed by atoms with Gasteiger partial charge in [0.05, 0.1) is 15.6 Å². The summed E-state index contributed by atoms with van der Waals surface area (Å²) in [7, 11) is 0. The lowest BCUT2D eigenvalue weighted by atomic mass is 9.94. The van der Waals surface area contributed by atoms with Gasteiger partial charge in [0.2, 0.25) is 0 Å². The lowest BCUT2D eigenvalue weighted by Gasteiger charge is -2.19. The highest BCUT2D eigenvalue weighted by molar-refractivity contribution is 6.37. The van der Waals surface area contributed by atoms with Gasteiger partial charge in [-0.2, -0.15) is 0 Å². The van der Waals surface area contributed by atoms with Gasteiger partial charge in [0.25, 0.3) is 0 Å². The van der Waals surface area contributed by atoms with Gasteiger partial charge in [-0.05, 0) is 60.9 Å². The van der Waals surface area contributed by atoms with E-state index in [0.29, 0.717) is 53.3 Å². The number of benzene rings is 2. The topological polar surface area (TPSA) is 67.8 Å². The van der Waals surface area contributed by atoms with Crippen molar-refractivity contribution in [2.24, 2.45) is 0 Å². The molecule has 3 rings (SSSR count). The highest BCUT2D eigenvalue weighted by atomic mass is 35.5. The van der Waals surface area contributed by atoms with Crippen LogP contribution in [0.1, 0.15) is 17.5 Å². The Balaban J connectivity index is 1.57. The molecule has 7 heteroatoms. The number of ether oxygens (including phenoxy) is 2. The minimum atomic E-state index is -0.881. The van der Waals surface area contributed by atoms with E-state index in [2.05, 4.69) is 5.32 Å². The molecule has 5 nitrogen and oxygen atoms in total. The van der Waals surface area contributed by atoms with Crippen molar-refractivity contribution < 1.29 is 19.4 Å². The van der Waals surface area contributed by atoms with Gasteiger partial charge in [-0.1, -0.05) is 35.3 Å². The van der Waals surface area contributed by atoms with E-state index in [-0.39, 0.29) is 0 Å². The Morgan fingerprint density at radius 3 is 2.39 bits per heavy atom. The molecule has 0 fully saturated rings. The van der Waals surface area contributed by atoms with Gasteiger partial charge >= 0.3 is 5.97 Å². The Bertz CT molecular complexity index is 871. The molecular weight excluding hydrogens is 401 g/mol. The van der Waals surface area contributed by atoms with Gasteiger partial charge in [0, 0.05) is 6.54 Å². The molecule has 0 aromatic heterocycles. The van der Waals surface area contributed by atoms with Crippen molar-refractivity contribution in [3.63, 3.8) is 0 Å². The summed E-state index contributed by atoms with van der Waals surface area (Å²) in [5.41, 5.74) is 3.15. The number of aryl methyl sites for hydroxylation is 1. The minimum absolute atomic E-state index is 0.296. The molecule has 28 heavy (non-hydrogen) atoms. The zero-order chi connectivity index (χ0) is 20.1. The fourth-order valence-corrected chi connectivity index (χ4v) is 3.79. The van der Waals surface area contributed by atoms with Crippen LogP contribution in [0.4, 0.5) is 0 Å². The van der Waals surface area contributed by atoms with Crippen LogP contribution >= 0.6 is 23.2 Å². The molecule has 0 unspecified atom stereocenters. The molecule has 1 aliphatic rings. The van der Waals surface area contributed by atoms with Crippen LogP contribution in [0.25, 0.3) is 5.57 Å². The van der Waals surface area contributed by atoms with E-state index in [9.17, 15) is 9.90 Å². The third-order valence-electron chi connectivity index (χ3n) is 4.42. The quantitative estimate of drug-likeness (QED) is 0.639. The van der Waals surface area contributed by atoms with E-state index >= 15 is 0 Å². The van der Waals surface area contributed by atoms with Crippen molar-refractivity contribution in [2.75, 3.05) is 26.3 Å².